The molecule has 0 bridgehead atoms. The molecule has 1 aliphatic rings. The van der Waals surface area contributed by atoms with Crippen LogP contribution in [0.3, 0.4) is 0 Å². The predicted molar refractivity (Wildman–Crippen MR) is 83.6 cm³/mol. The first kappa shape index (κ1) is 14.6. The van der Waals surface area contributed by atoms with E-state index in [-0.39, 0.29) is 6.03 Å². The molecular weight excluding hydrogens is 278 g/mol. The first-order valence-corrected chi connectivity index (χ1v) is 7.69. The Balaban J connectivity index is 1.53. The topological polar surface area (TPSA) is 63.0 Å². The summed E-state index contributed by atoms with van der Waals surface area (Å²) in [6.45, 7) is 5.05. The molecule has 1 fully saturated rings. The first-order valence-electron chi connectivity index (χ1n) is 7.69. The van der Waals surface area contributed by atoms with Gasteiger partial charge in [0.1, 0.15) is 0 Å². The maximum absolute atomic E-state index is 11.5. The predicted octanol–water partition coefficient (Wildman–Crippen LogP) is 1.65. The second-order valence-corrected chi connectivity index (χ2v) is 5.71. The molecule has 0 unspecified atom stereocenters. The van der Waals surface area contributed by atoms with Gasteiger partial charge in [-0.15, -0.1) is 5.10 Å². The van der Waals surface area contributed by atoms with Crippen molar-refractivity contribution in [2.75, 3.05) is 19.6 Å². The van der Waals surface area contributed by atoms with Crippen LogP contribution in [0.5, 0.6) is 0 Å². The lowest BCUT2D eigenvalue weighted by Gasteiger charge is -2.13. The Bertz CT molecular complexity index is 624. The van der Waals surface area contributed by atoms with Crippen molar-refractivity contribution >= 4 is 6.03 Å². The average molecular weight is 299 g/mol. The third-order valence-electron chi connectivity index (χ3n) is 4.01. The number of nitrogens with one attached hydrogen (secondary N) is 1. The second-order valence-electron chi connectivity index (χ2n) is 5.71. The normalized spacial score (nSPS) is 15.9. The Morgan fingerprint density at radius 3 is 2.82 bits per heavy atom. The van der Waals surface area contributed by atoms with Crippen LogP contribution in [-0.4, -0.2) is 45.6 Å². The summed E-state index contributed by atoms with van der Waals surface area (Å²) in [6.07, 6.45) is 2.85. The molecule has 6 nitrogen and oxygen atoms in total. The van der Waals surface area contributed by atoms with E-state index in [1.165, 1.54) is 5.56 Å². The van der Waals surface area contributed by atoms with Crippen molar-refractivity contribution in [2.24, 2.45) is 0 Å². The molecule has 1 saturated heterocycles. The summed E-state index contributed by atoms with van der Waals surface area (Å²) in [5.41, 5.74) is 2.30. The molecule has 2 amide bonds. The molecule has 0 spiro atoms. The molecule has 1 aliphatic heterocycles. The molecule has 1 aromatic carbocycles. The Morgan fingerprint density at radius 1 is 1.27 bits per heavy atom. The molecule has 1 atom stereocenters. The zero-order valence-corrected chi connectivity index (χ0v) is 12.8. The summed E-state index contributed by atoms with van der Waals surface area (Å²) in [5.74, 6) is 0.413. The number of hydrogen-bond acceptors (Lipinski definition) is 3. The SMILES string of the molecule is C[C@H](Cc1cn(CCN2CCNC2=O)nn1)c1ccccc1. The average Bonchev–Trinajstić information content (AvgIpc) is 3.15. The van der Waals surface area contributed by atoms with Crippen LogP contribution in [-0.2, 0) is 13.0 Å². The van der Waals surface area contributed by atoms with Crippen molar-refractivity contribution in [3.63, 3.8) is 0 Å². The fraction of sp³-hybridized carbons (Fsp3) is 0.438. The number of nitrogens with zero attached hydrogens (tertiary/aromatic N) is 4. The monoisotopic (exact) mass is 299 g/mol. The van der Waals surface area contributed by atoms with Crippen molar-refractivity contribution in [3.8, 4) is 0 Å². The molecule has 0 radical (unpaired) electrons. The minimum absolute atomic E-state index is 0.0121. The number of carbonyl (C=O) groups excluding carboxylic acids is 1. The zero-order valence-electron chi connectivity index (χ0n) is 12.8. The summed E-state index contributed by atoms with van der Waals surface area (Å²) < 4.78 is 1.82. The Hall–Kier alpha value is -2.37. The van der Waals surface area contributed by atoms with Gasteiger partial charge in [0.2, 0.25) is 0 Å². The van der Waals surface area contributed by atoms with Gasteiger partial charge in [-0.3, -0.25) is 4.68 Å². The van der Waals surface area contributed by atoms with Gasteiger partial charge in [-0.25, -0.2) is 4.79 Å². The van der Waals surface area contributed by atoms with Crippen LogP contribution in [0, 0.1) is 0 Å². The first-order chi connectivity index (χ1) is 10.7. The third-order valence-corrected chi connectivity index (χ3v) is 4.01. The van der Waals surface area contributed by atoms with E-state index in [1.54, 1.807) is 4.90 Å². The Kier molecular flexibility index (Phi) is 4.37. The molecular formula is C16H21N5O. The number of urea groups is 1. The molecule has 2 heterocycles. The van der Waals surface area contributed by atoms with E-state index in [1.807, 2.05) is 16.9 Å². The third kappa shape index (κ3) is 3.44. The maximum Gasteiger partial charge on any atom is 0.317 e. The van der Waals surface area contributed by atoms with Gasteiger partial charge in [-0.2, -0.15) is 0 Å². The van der Waals surface area contributed by atoms with Crippen molar-refractivity contribution in [1.29, 1.82) is 0 Å². The van der Waals surface area contributed by atoms with Crippen LogP contribution >= 0.6 is 0 Å². The summed E-state index contributed by atoms with van der Waals surface area (Å²) >= 11 is 0. The van der Waals surface area contributed by atoms with Crippen LogP contribution in [0.15, 0.2) is 36.5 Å². The fourth-order valence-electron chi connectivity index (χ4n) is 2.70. The van der Waals surface area contributed by atoms with E-state index in [0.29, 0.717) is 19.0 Å². The van der Waals surface area contributed by atoms with E-state index in [4.69, 9.17) is 0 Å². The summed E-state index contributed by atoms with van der Waals surface area (Å²) in [5, 5.41) is 11.2. The second kappa shape index (κ2) is 6.60. The van der Waals surface area contributed by atoms with Gasteiger partial charge in [0.05, 0.1) is 12.2 Å². The summed E-state index contributed by atoms with van der Waals surface area (Å²) in [6, 6.07) is 10.4. The van der Waals surface area contributed by atoms with E-state index in [2.05, 4.69) is 46.8 Å². The Labute approximate surface area is 130 Å². The van der Waals surface area contributed by atoms with Gasteiger partial charge in [-0.1, -0.05) is 42.5 Å². The minimum Gasteiger partial charge on any atom is -0.336 e. The lowest BCUT2D eigenvalue weighted by atomic mass is 9.97. The largest absolute Gasteiger partial charge is 0.336 e. The van der Waals surface area contributed by atoms with E-state index < -0.39 is 0 Å². The number of benzene rings is 1. The molecule has 116 valence electrons. The number of aromatic nitrogens is 3. The van der Waals surface area contributed by atoms with Crippen molar-refractivity contribution in [3.05, 3.63) is 47.8 Å². The molecule has 6 heteroatoms. The van der Waals surface area contributed by atoms with Gasteiger partial charge < -0.3 is 10.2 Å². The zero-order chi connectivity index (χ0) is 15.4. The van der Waals surface area contributed by atoms with Crippen molar-refractivity contribution in [2.45, 2.75) is 25.8 Å². The van der Waals surface area contributed by atoms with Gasteiger partial charge >= 0.3 is 6.03 Å². The lowest BCUT2D eigenvalue weighted by molar-refractivity contribution is 0.215. The summed E-state index contributed by atoms with van der Waals surface area (Å²) in [7, 11) is 0. The van der Waals surface area contributed by atoms with E-state index in [0.717, 1.165) is 25.2 Å². The highest BCUT2D eigenvalue weighted by Gasteiger charge is 2.19. The molecule has 22 heavy (non-hydrogen) atoms. The lowest BCUT2D eigenvalue weighted by Crippen LogP contribution is -2.31. The highest BCUT2D eigenvalue weighted by Crippen LogP contribution is 2.18. The smallest absolute Gasteiger partial charge is 0.317 e. The van der Waals surface area contributed by atoms with E-state index >= 15 is 0 Å². The van der Waals surface area contributed by atoms with Crippen LogP contribution in [0.25, 0.3) is 0 Å². The summed E-state index contributed by atoms with van der Waals surface area (Å²) in [4.78, 5) is 13.3. The molecule has 0 aliphatic carbocycles. The standard InChI is InChI=1S/C16H21N5O/c1-13(14-5-3-2-4-6-14)11-15-12-21(19-18-15)10-9-20-8-7-17-16(20)22/h2-6,12-13H,7-11H2,1H3,(H,17,22)/t13-/m1/s1. The van der Waals surface area contributed by atoms with Gasteiger partial charge in [0.25, 0.3) is 0 Å². The van der Waals surface area contributed by atoms with Gasteiger partial charge in [0.15, 0.2) is 0 Å². The minimum atomic E-state index is 0.0121. The number of rotatable bonds is 6. The molecule has 1 N–H and O–H groups in total. The quantitative estimate of drug-likeness (QED) is 0.882. The van der Waals surface area contributed by atoms with Gasteiger partial charge in [-0.05, 0) is 17.9 Å². The van der Waals surface area contributed by atoms with Crippen LogP contribution in [0.4, 0.5) is 4.79 Å². The molecule has 2 aromatic rings. The highest BCUT2D eigenvalue weighted by molar-refractivity contribution is 5.76. The maximum atomic E-state index is 11.5. The van der Waals surface area contributed by atoms with Crippen molar-refractivity contribution < 1.29 is 4.79 Å². The molecule has 3 rings (SSSR count). The van der Waals surface area contributed by atoms with Crippen LogP contribution in [0.1, 0.15) is 24.1 Å². The molecule has 0 saturated carbocycles. The van der Waals surface area contributed by atoms with Crippen LogP contribution in [0.2, 0.25) is 0 Å². The number of hydrogen-bond donors (Lipinski definition) is 1. The van der Waals surface area contributed by atoms with Crippen LogP contribution < -0.4 is 5.32 Å². The van der Waals surface area contributed by atoms with Gasteiger partial charge in [0, 0.05) is 25.8 Å². The van der Waals surface area contributed by atoms with E-state index in [9.17, 15) is 4.79 Å². The number of amides is 2. The number of carbonyl (C=O) groups is 1. The van der Waals surface area contributed by atoms with Crippen molar-refractivity contribution in [1.82, 2.24) is 25.2 Å². The Morgan fingerprint density at radius 2 is 2.09 bits per heavy atom. The fourth-order valence-corrected chi connectivity index (χ4v) is 2.70. The molecule has 1 aromatic heterocycles. The highest BCUT2D eigenvalue weighted by atomic mass is 16.2.